The normalized spacial score (nSPS) is 15.1. The van der Waals surface area contributed by atoms with Crippen molar-refractivity contribution >= 4 is 27.8 Å². The molecule has 9 nitrogen and oxygen atoms in total. The van der Waals surface area contributed by atoms with Crippen LogP contribution in [0, 0.1) is 5.82 Å². The molecule has 6 heterocycles. The number of pyridine rings is 3. The molecule has 10 heteroatoms. The van der Waals surface area contributed by atoms with Crippen LogP contribution in [0.5, 0.6) is 0 Å². The van der Waals surface area contributed by atoms with Crippen molar-refractivity contribution in [3.05, 3.63) is 48.8 Å². The number of anilines is 1. The number of H-pyrrole nitrogens is 2. The van der Waals surface area contributed by atoms with E-state index in [1.807, 2.05) is 6.07 Å². The molecule has 5 aromatic heterocycles. The summed E-state index contributed by atoms with van der Waals surface area (Å²) in [6, 6.07) is 5.40. The van der Waals surface area contributed by atoms with Crippen LogP contribution in [0.25, 0.3) is 44.7 Å². The summed E-state index contributed by atoms with van der Waals surface area (Å²) in [5.41, 5.74) is 3.33. The molecule has 0 atom stereocenters. The van der Waals surface area contributed by atoms with Gasteiger partial charge < -0.3 is 14.8 Å². The molecular weight excluding hydrogens is 409 g/mol. The minimum absolute atomic E-state index is 0.226. The quantitative estimate of drug-likeness (QED) is 0.455. The first kappa shape index (κ1) is 18.8. The maximum Gasteiger partial charge on any atom is 0.161 e. The molecule has 6 rings (SSSR count). The van der Waals surface area contributed by atoms with Gasteiger partial charge in [0.15, 0.2) is 17.5 Å². The highest BCUT2D eigenvalue weighted by molar-refractivity contribution is 5.96. The monoisotopic (exact) mass is 429 g/mol. The van der Waals surface area contributed by atoms with Gasteiger partial charge in [0.1, 0.15) is 16.9 Å². The summed E-state index contributed by atoms with van der Waals surface area (Å²) in [5.74, 6) is 0.852. The molecule has 0 aromatic carbocycles. The zero-order valence-electron chi connectivity index (χ0n) is 17.4. The molecule has 0 aliphatic carbocycles. The molecule has 1 aliphatic rings. The van der Waals surface area contributed by atoms with E-state index in [0.29, 0.717) is 28.0 Å². The number of aromatic amines is 2. The molecule has 1 aliphatic heterocycles. The van der Waals surface area contributed by atoms with E-state index in [0.717, 1.165) is 43.0 Å². The largest absolute Gasteiger partial charge is 0.352 e. The Balaban J connectivity index is 1.48. The summed E-state index contributed by atoms with van der Waals surface area (Å²) < 4.78 is 15.6. The van der Waals surface area contributed by atoms with E-state index < -0.39 is 5.82 Å². The number of fused-ring (bicyclic) bond motifs is 2. The lowest BCUT2D eigenvalue weighted by Gasteiger charge is -2.33. The zero-order valence-corrected chi connectivity index (χ0v) is 17.4. The van der Waals surface area contributed by atoms with E-state index in [1.54, 1.807) is 36.9 Å². The third-order valence-electron chi connectivity index (χ3n) is 5.89. The van der Waals surface area contributed by atoms with E-state index >= 15 is 4.39 Å². The van der Waals surface area contributed by atoms with Gasteiger partial charge in [0.2, 0.25) is 0 Å². The highest BCUT2D eigenvalue weighted by Crippen LogP contribution is 2.33. The van der Waals surface area contributed by atoms with E-state index in [4.69, 9.17) is 4.98 Å². The van der Waals surface area contributed by atoms with Gasteiger partial charge in [0.05, 0.1) is 22.6 Å². The van der Waals surface area contributed by atoms with Crippen molar-refractivity contribution in [2.24, 2.45) is 0 Å². The van der Waals surface area contributed by atoms with Crippen LogP contribution < -0.4 is 4.90 Å². The Kier molecular flexibility index (Phi) is 4.32. The van der Waals surface area contributed by atoms with Gasteiger partial charge >= 0.3 is 0 Å². The first-order valence-electron chi connectivity index (χ1n) is 10.4. The predicted molar refractivity (Wildman–Crippen MR) is 120 cm³/mol. The van der Waals surface area contributed by atoms with Crippen LogP contribution in [0.2, 0.25) is 0 Å². The molecule has 0 unspecified atom stereocenters. The standard InChI is InChI=1S/C22H20FN9/c1-31-7-9-32(10-8-31)22-19-14(4-6-25-22)27-21(28-19)20-16-15(29-30-20)12-26-18(17(16)23)13-3-2-5-24-11-13/h2-6,11-12H,7-10H2,1H3,(H,27,28)(H,29,30). The fraction of sp³-hybridized carbons (Fsp3) is 0.227. The molecule has 0 bridgehead atoms. The molecule has 32 heavy (non-hydrogen) atoms. The molecule has 160 valence electrons. The number of nitrogens with one attached hydrogen (secondary N) is 2. The molecule has 0 saturated carbocycles. The number of hydrogen-bond acceptors (Lipinski definition) is 7. The van der Waals surface area contributed by atoms with Crippen molar-refractivity contribution in [2.45, 2.75) is 0 Å². The van der Waals surface area contributed by atoms with Gasteiger partial charge in [0, 0.05) is 50.3 Å². The van der Waals surface area contributed by atoms with Crippen molar-refractivity contribution in [1.29, 1.82) is 0 Å². The first-order chi connectivity index (χ1) is 15.7. The number of nitrogens with zero attached hydrogens (tertiary/aromatic N) is 7. The summed E-state index contributed by atoms with van der Waals surface area (Å²) in [6.07, 6.45) is 6.58. The molecule has 0 spiro atoms. The summed E-state index contributed by atoms with van der Waals surface area (Å²) >= 11 is 0. The minimum Gasteiger partial charge on any atom is -0.352 e. The van der Waals surface area contributed by atoms with Gasteiger partial charge in [-0.25, -0.2) is 14.4 Å². The Labute approximate surface area is 182 Å². The molecular formula is C22H20FN9. The summed E-state index contributed by atoms with van der Waals surface area (Å²) in [5, 5.41) is 7.57. The van der Waals surface area contributed by atoms with Crippen LogP contribution in [0.3, 0.4) is 0 Å². The summed E-state index contributed by atoms with van der Waals surface area (Å²) in [4.78, 5) is 25.5. The first-order valence-corrected chi connectivity index (χ1v) is 10.4. The van der Waals surface area contributed by atoms with Crippen molar-refractivity contribution in [2.75, 3.05) is 38.1 Å². The fourth-order valence-corrected chi connectivity index (χ4v) is 4.13. The third kappa shape index (κ3) is 2.99. The van der Waals surface area contributed by atoms with Gasteiger partial charge in [0.25, 0.3) is 0 Å². The number of rotatable bonds is 3. The lowest BCUT2D eigenvalue weighted by molar-refractivity contribution is 0.312. The Morgan fingerprint density at radius 2 is 1.84 bits per heavy atom. The minimum atomic E-state index is -0.461. The van der Waals surface area contributed by atoms with Gasteiger partial charge in [-0.1, -0.05) is 0 Å². The maximum atomic E-state index is 15.6. The van der Waals surface area contributed by atoms with Crippen molar-refractivity contribution in [3.63, 3.8) is 0 Å². The number of hydrogen-bond donors (Lipinski definition) is 2. The Morgan fingerprint density at radius 3 is 2.66 bits per heavy atom. The Bertz CT molecular complexity index is 1420. The second kappa shape index (κ2) is 7.34. The third-order valence-corrected chi connectivity index (χ3v) is 5.89. The topological polar surface area (TPSA) is 103 Å². The Morgan fingerprint density at radius 1 is 0.969 bits per heavy atom. The van der Waals surface area contributed by atoms with Crippen LogP contribution in [0.1, 0.15) is 0 Å². The van der Waals surface area contributed by atoms with Crippen LogP contribution in [0.4, 0.5) is 10.2 Å². The SMILES string of the molecule is CN1CCN(c2nccc3[nH]c(-c4n[nH]c5cnc(-c6cccnc6)c(F)c45)nc23)CC1. The van der Waals surface area contributed by atoms with Crippen molar-refractivity contribution in [3.8, 4) is 22.8 Å². The van der Waals surface area contributed by atoms with Gasteiger partial charge in [-0.15, -0.1) is 0 Å². The van der Waals surface area contributed by atoms with E-state index in [1.165, 1.54) is 0 Å². The number of imidazole rings is 1. The number of piperazine rings is 1. The van der Waals surface area contributed by atoms with Crippen LogP contribution in [-0.2, 0) is 0 Å². The maximum absolute atomic E-state index is 15.6. The van der Waals surface area contributed by atoms with Gasteiger partial charge in [-0.05, 0) is 25.2 Å². The number of aromatic nitrogens is 7. The highest BCUT2D eigenvalue weighted by atomic mass is 19.1. The average Bonchev–Trinajstić information content (AvgIpc) is 3.45. The predicted octanol–water partition coefficient (Wildman–Crippen LogP) is 2.85. The van der Waals surface area contributed by atoms with E-state index in [-0.39, 0.29) is 5.69 Å². The number of likely N-dealkylation sites (N-methyl/N-ethyl adjacent to an activating group) is 1. The van der Waals surface area contributed by atoms with Crippen molar-refractivity contribution in [1.82, 2.24) is 40.0 Å². The van der Waals surface area contributed by atoms with E-state index in [9.17, 15) is 0 Å². The lowest BCUT2D eigenvalue weighted by Crippen LogP contribution is -2.44. The molecule has 5 aromatic rings. The lowest BCUT2D eigenvalue weighted by atomic mass is 10.1. The van der Waals surface area contributed by atoms with Crippen molar-refractivity contribution < 1.29 is 4.39 Å². The summed E-state index contributed by atoms with van der Waals surface area (Å²) in [6.45, 7) is 3.69. The van der Waals surface area contributed by atoms with Gasteiger partial charge in [-0.2, -0.15) is 5.10 Å². The molecule has 1 fully saturated rings. The van der Waals surface area contributed by atoms with Crippen LogP contribution >= 0.6 is 0 Å². The molecule has 2 N–H and O–H groups in total. The fourth-order valence-electron chi connectivity index (χ4n) is 4.13. The molecule has 0 amide bonds. The zero-order chi connectivity index (χ0) is 21.7. The number of halogens is 1. The summed E-state index contributed by atoms with van der Waals surface area (Å²) in [7, 11) is 2.11. The smallest absolute Gasteiger partial charge is 0.161 e. The molecule has 1 saturated heterocycles. The molecule has 0 radical (unpaired) electrons. The highest BCUT2D eigenvalue weighted by Gasteiger charge is 2.23. The Hall–Kier alpha value is -3.92. The second-order valence-corrected chi connectivity index (χ2v) is 7.93. The van der Waals surface area contributed by atoms with Crippen LogP contribution in [0.15, 0.2) is 43.0 Å². The second-order valence-electron chi connectivity index (χ2n) is 7.93. The van der Waals surface area contributed by atoms with Gasteiger partial charge in [-0.3, -0.25) is 15.1 Å². The van der Waals surface area contributed by atoms with Crippen LogP contribution in [-0.4, -0.2) is 73.2 Å². The van der Waals surface area contributed by atoms with E-state index in [2.05, 4.69) is 47.0 Å². The average molecular weight is 429 g/mol.